The standard InChI is InChI=1S/C15H13N3O2/c16-5-11-12(19)4-10-2-1-3-17-13(10)14(11)18-6-15(7-18)8-20-9-15/h1-3H,4,6-9H2. The predicted octanol–water partition coefficient (Wildman–Crippen LogP) is 0.774. The summed E-state index contributed by atoms with van der Waals surface area (Å²) in [5.41, 5.74) is 2.92. The highest BCUT2D eigenvalue weighted by molar-refractivity contribution is 6.09. The number of ketones is 1. The summed E-state index contributed by atoms with van der Waals surface area (Å²) >= 11 is 0. The van der Waals surface area contributed by atoms with Gasteiger partial charge in [0.25, 0.3) is 0 Å². The van der Waals surface area contributed by atoms with E-state index in [0.29, 0.717) is 0 Å². The van der Waals surface area contributed by atoms with Crippen LogP contribution in [0.4, 0.5) is 0 Å². The van der Waals surface area contributed by atoms with Crippen LogP contribution in [0.25, 0.3) is 5.70 Å². The monoisotopic (exact) mass is 267 g/mol. The van der Waals surface area contributed by atoms with Crippen LogP contribution in [0.1, 0.15) is 11.3 Å². The minimum Gasteiger partial charge on any atom is -0.380 e. The summed E-state index contributed by atoms with van der Waals surface area (Å²) in [4.78, 5) is 18.6. The van der Waals surface area contributed by atoms with E-state index in [2.05, 4.69) is 16.0 Å². The van der Waals surface area contributed by atoms with E-state index in [-0.39, 0.29) is 23.2 Å². The van der Waals surface area contributed by atoms with E-state index in [1.807, 2.05) is 12.1 Å². The largest absolute Gasteiger partial charge is 0.380 e. The van der Waals surface area contributed by atoms with Crippen LogP contribution < -0.4 is 0 Å². The lowest BCUT2D eigenvalue weighted by Crippen LogP contribution is -2.65. The quantitative estimate of drug-likeness (QED) is 0.752. The molecule has 1 aromatic heterocycles. The van der Waals surface area contributed by atoms with Crippen molar-refractivity contribution >= 4 is 11.5 Å². The number of pyridine rings is 1. The molecule has 0 amide bonds. The number of carbonyl (C=O) groups is 1. The normalized spacial score (nSPS) is 22.9. The molecule has 0 aromatic carbocycles. The molecule has 0 bridgehead atoms. The van der Waals surface area contributed by atoms with Crippen molar-refractivity contribution in [2.24, 2.45) is 5.41 Å². The van der Waals surface area contributed by atoms with Crippen LogP contribution in [0, 0.1) is 16.7 Å². The Labute approximate surface area is 116 Å². The number of aromatic nitrogens is 1. The van der Waals surface area contributed by atoms with Gasteiger partial charge in [-0.1, -0.05) is 6.07 Å². The summed E-state index contributed by atoms with van der Waals surface area (Å²) < 4.78 is 5.27. The van der Waals surface area contributed by atoms with Crippen molar-refractivity contribution in [2.75, 3.05) is 26.3 Å². The Kier molecular flexibility index (Phi) is 2.27. The van der Waals surface area contributed by atoms with Crippen LogP contribution in [-0.4, -0.2) is 42.0 Å². The van der Waals surface area contributed by atoms with Crippen LogP contribution in [0.2, 0.25) is 0 Å². The van der Waals surface area contributed by atoms with Gasteiger partial charge in [0.1, 0.15) is 11.6 Å². The average molecular weight is 267 g/mol. The Morgan fingerprint density at radius 3 is 2.85 bits per heavy atom. The van der Waals surface area contributed by atoms with Crippen molar-refractivity contribution in [1.29, 1.82) is 5.26 Å². The van der Waals surface area contributed by atoms with E-state index >= 15 is 0 Å². The van der Waals surface area contributed by atoms with Gasteiger partial charge in [-0.2, -0.15) is 5.26 Å². The fourth-order valence-electron chi connectivity index (χ4n) is 3.22. The van der Waals surface area contributed by atoms with E-state index in [4.69, 9.17) is 4.74 Å². The summed E-state index contributed by atoms with van der Waals surface area (Å²) in [7, 11) is 0. The van der Waals surface area contributed by atoms with Crippen LogP contribution in [0.3, 0.4) is 0 Å². The summed E-state index contributed by atoms with van der Waals surface area (Å²) in [6.07, 6.45) is 1.99. The van der Waals surface area contributed by atoms with E-state index in [0.717, 1.165) is 43.3 Å². The molecule has 0 atom stereocenters. The van der Waals surface area contributed by atoms with Gasteiger partial charge in [-0.05, 0) is 11.6 Å². The van der Waals surface area contributed by atoms with Crippen LogP contribution in [0.5, 0.6) is 0 Å². The molecule has 1 aromatic rings. The van der Waals surface area contributed by atoms with Crippen LogP contribution in [-0.2, 0) is 16.0 Å². The van der Waals surface area contributed by atoms with Gasteiger partial charge >= 0.3 is 0 Å². The van der Waals surface area contributed by atoms with Gasteiger partial charge in [-0.25, -0.2) is 0 Å². The summed E-state index contributed by atoms with van der Waals surface area (Å²) in [6, 6.07) is 5.82. The predicted molar refractivity (Wildman–Crippen MR) is 70.3 cm³/mol. The molecule has 2 saturated heterocycles. The van der Waals surface area contributed by atoms with Gasteiger partial charge in [0.15, 0.2) is 5.78 Å². The molecule has 0 radical (unpaired) electrons. The number of hydrogen-bond acceptors (Lipinski definition) is 5. The van der Waals surface area contributed by atoms with Gasteiger partial charge in [0.05, 0.1) is 30.0 Å². The minimum absolute atomic E-state index is 0.103. The number of fused-ring (bicyclic) bond motifs is 1. The first-order valence-electron chi connectivity index (χ1n) is 6.67. The van der Waals surface area contributed by atoms with Crippen molar-refractivity contribution in [3.8, 4) is 6.07 Å². The summed E-state index contributed by atoms with van der Waals surface area (Å²) in [5, 5.41) is 9.32. The number of rotatable bonds is 1. The molecule has 2 aliphatic heterocycles. The Morgan fingerprint density at radius 1 is 1.40 bits per heavy atom. The molecule has 1 aliphatic carbocycles. The Balaban J connectivity index is 1.77. The topological polar surface area (TPSA) is 66.2 Å². The van der Waals surface area contributed by atoms with Crippen LogP contribution in [0.15, 0.2) is 23.9 Å². The molecule has 2 fully saturated rings. The average Bonchev–Trinajstić information content (AvgIpc) is 2.35. The van der Waals surface area contributed by atoms with Gasteiger partial charge in [0.2, 0.25) is 0 Å². The third-order valence-electron chi connectivity index (χ3n) is 4.28. The third-order valence-corrected chi connectivity index (χ3v) is 4.28. The zero-order chi connectivity index (χ0) is 13.7. The molecule has 3 aliphatic rings. The lowest BCUT2D eigenvalue weighted by Gasteiger charge is -2.56. The molecule has 5 nitrogen and oxygen atoms in total. The smallest absolute Gasteiger partial charge is 0.180 e. The zero-order valence-electron chi connectivity index (χ0n) is 10.9. The summed E-state index contributed by atoms with van der Waals surface area (Å²) in [6.45, 7) is 3.25. The van der Waals surface area contributed by atoms with Crippen molar-refractivity contribution < 1.29 is 9.53 Å². The van der Waals surface area contributed by atoms with Gasteiger partial charge in [-0.3, -0.25) is 9.78 Å². The second-order valence-corrected chi connectivity index (χ2v) is 5.80. The van der Waals surface area contributed by atoms with E-state index in [1.165, 1.54) is 0 Å². The first-order valence-corrected chi connectivity index (χ1v) is 6.67. The van der Waals surface area contributed by atoms with Crippen molar-refractivity contribution in [2.45, 2.75) is 6.42 Å². The lowest BCUT2D eigenvalue weighted by molar-refractivity contribution is -0.173. The highest BCUT2D eigenvalue weighted by Gasteiger charge is 2.51. The first kappa shape index (κ1) is 11.6. The Bertz CT molecular complexity index is 675. The molecule has 100 valence electrons. The lowest BCUT2D eigenvalue weighted by atomic mass is 9.76. The first-order chi connectivity index (χ1) is 9.72. The number of likely N-dealkylation sites (tertiary alicyclic amines) is 1. The Morgan fingerprint density at radius 2 is 2.20 bits per heavy atom. The molecule has 5 heteroatoms. The minimum atomic E-state index is -0.103. The number of allylic oxidation sites excluding steroid dienone is 1. The fourth-order valence-corrected chi connectivity index (χ4v) is 3.22. The van der Waals surface area contributed by atoms with Crippen LogP contribution >= 0.6 is 0 Å². The highest BCUT2D eigenvalue weighted by atomic mass is 16.5. The molecule has 0 N–H and O–H groups in total. The molecule has 4 rings (SSSR count). The number of nitrogens with zero attached hydrogens (tertiary/aromatic N) is 3. The fraction of sp³-hybridized carbons (Fsp3) is 0.400. The number of carbonyl (C=O) groups excluding carboxylic acids is 1. The van der Waals surface area contributed by atoms with Crippen molar-refractivity contribution in [1.82, 2.24) is 9.88 Å². The molecule has 3 heterocycles. The maximum atomic E-state index is 12.1. The maximum Gasteiger partial charge on any atom is 0.180 e. The second kappa shape index (κ2) is 3.90. The van der Waals surface area contributed by atoms with Gasteiger partial charge in [0, 0.05) is 25.7 Å². The summed E-state index contributed by atoms with van der Waals surface area (Å²) in [5.74, 6) is -0.103. The molecule has 0 saturated carbocycles. The highest BCUT2D eigenvalue weighted by Crippen LogP contribution is 2.43. The molecule has 20 heavy (non-hydrogen) atoms. The van der Waals surface area contributed by atoms with Gasteiger partial charge in [-0.15, -0.1) is 0 Å². The zero-order valence-corrected chi connectivity index (χ0v) is 10.9. The van der Waals surface area contributed by atoms with E-state index < -0.39 is 0 Å². The van der Waals surface area contributed by atoms with E-state index in [1.54, 1.807) is 6.20 Å². The third kappa shape index (κ3) is 1.46. The molecule has 1 spiro atoms. The SMILES string of the molecule is N#CC1=C(N2CC3(COC3)C2)c2ncccc2CC1=O. The molecular formula is C15H13N3O2. The molecular weight excluding hydrogens is 254 g/mol. The number of nitriles is 1. The number of ether oxygens (including phenoxy) is 1. The second-order valence-electron chi connectivity index (χ2n) is 5.80. The maximum absolute atomic E-state index is 12.1. The molecule has 0 unspecified atom stereocenters. The Hall–Kier alpha value is -2.19. The van der Waals surface area contributed by atoms with E-state index in [9.17, 15) is 10.1 Å². The van der Waals surface area contributed by atoms with Crippen molar-refractivity contribution in [3.63, 3.8) is 0 Å². The number of hydrogen-bond donors (Lipinski definition) is 0. The number of Topliss-reactive ketones (excluding diaryl/α,β-unsaturated/α-hetero) is 1. The van der Waals surface area contributed by atoms with Crippen molar-refractivity contribution in [3.05, 3.63) is 35.2 Å². The van der Waals surface area contributed by atoms with Gasteiger partial charge < -0.3 is 9.64 Å².